The molecule has 1 aliphatic carbocycles. The van der Waals surface area contributed by atoms with Gasteiger partial charge in [-0.3, -0.25) is 4.79 Å². The Kier molecular flexibility index (Phi) is 5.90. The number of sulfonamides is 1. The van der Waals surface area contributed by atoms with Crippen molar-refractivity contribution >= 4 is 32.6 Å². The fourth-order valence-electron chi connectivity index (χ4n) is 3.55. The predicted molar refractivity (Wildman–Crippen MR) is 109 cm³/mol. The maximum absolute atomic E-state index is 12.7. The lowest BCUT2D eigenvalue weighted by molar-refractivity contribution is -0.121. The number of carbonyl (C=O) groups is 1. The van der Waals surface area contributed by atoms with Gasteiger partial charge in [0.1, 0.15) is 5.58 Å². The van der Waals surface area contributed by atoms with E-state index in [1.807, 2.05) is 6.92 Å². The first-order chi connectivity index (χ1) is 13.2. The molecule has 3 atom stereocenters. The minimum atomic E-state index is -3.32. The van der Waals surface area contributed by atoms with E-state index in [-0.39, 0.29) is 23.8 Å². The maximum Gasteiger partial charge on any atom is 0.336 e. The largest absolute Gasteiger partial charge is 0.423 e. The molecule has 0 bridgehead atoms. The van der Waals surface area contributed by atoms with Gasteiger partial charge in [-0.05, 0) is 63.3 Å². The Morgan fingerprint density at radius 2 is 1.93 bits per heavy atom. The molecule has 7 nitrogen and oxygen atoms in total. The van der Waals surface area contributed by atoms with Crippen molar-refractivity contribution in [3.05, 3.63) is 40.8 Å². The van der Waals surface area contributed by atoms with Crippen molar-refractivity contribution in [1.29, 1.82) is 0 Å². The van der Waals surface area contributed by atoms with Crippen molar-refractivity contribution in [2.75, 3.05) is 5.32 Å². The van der Waals surface area contributed by atoms with Gasteiger partial charge in [0.05, 0.1) is 5.25 Å². The van der Waals surface area contributed by atoms with Crippen LogP contribution in [0.2, 0.25) is 0 Å². The van der Waals surface area contributed by atoms with Crippen molar-refractivity contribution in [3.8, 4) is 0 Å². The molecule has 1 heterocycles. The van der Waals surface area contributed by atoms with Crippen LogP contribution in [0.15, 0.2) is 39.5 Å². The molecule has 3 unspecified atom stereocenters. The first-order valence-electron chi connectivity index (χ1n) is 9.51. The molecular weight excluding hydrogens is 380 g/mol. The third kappa shape index (κ3) is 4.62. The van der Waals surface area contributed by atoms with Crippen molar-refractivity contribution < 1.29 is 17.6 Å². The number of nitrogens with one attached hydrogen (secondary N) is 2. The van der Waals surface area contributed by atoms with Crippen molar-refractivity contribution in [1.82, 2.24) is 4.72 Å². The number of benzene rings is 1. The molecule has 0 aliphatic heterocycles. The molecule has 1 amide bonds. The van der Waals surface area contributed by atoms with E-state index in [0.29, 0.717) is 30.5 Å². The summed E-state index contributed by atoms with van der Waals surface area (Å²) < 4.78 is 32.1. The molecule has 1 aromatic carbocycles. The van der Waals surface area contributed by atoms with Gasteiger partial charge in [-0.15, -0.1) is 0 Å². The highest BCUT2D eigenvalue weighted by molar-refractivity contribution is 7.90. The number of hydrogen-bond acceptors (Lipinski definition) is 5. The molecule has 0 spiro atoms. The summed E-state index contributed by atoms with van der Waals surface area (Å²) in [6.45, 7) is 5.28. The molecule has 2 aromatic rings. The minimum Gasteiger partial charge on any atom is -0.423 e. The van der Waals surface area contributed by atoms with Crippen molar-refractivity contribution in [2.45, 2.75) is 51.3 Å². The Bertz CT molecular complexity index is 1030. The van der Waals surface area contributed by atoms with Gasteiger partial charge < -0.3 is 9.73 Å². The second-order valence-electron chi connectivity index (χ2n) is 7.80. The van der Waals surface area contributed by atoms with Gasteiger partial charge in [-0.2, -0.15) is 0 Å². The van der Waals surface area contributed by atoms with Crippen LogP contribution in [0.1, 0.15) is 40.0 Å². The zero-order valence-corrected chi connectivity index (χ0v) is 17.1. The number of fused-ring (bicyclic) bond motifs is 1. The molecule has 1 saturated carbocycles. The molecule has 0 radical (unpaired) electrons. The summed E-state index contributed by atoms with van der Waals surface area (Å²) in [5.74, 6) is -0.170. The normalized spacial score (nSPS) is 23.1. The van der Waals surface area contributed by atoms with Gasteiger partial charge in [0.25, 0.3) is 0 Å². The van der Waals surface area contributed by atoms with Crippen LogP contribution in [0.3, 0.4) is 0 Å². The lowest BCUT2D eigenvalue weighted by Gasteiger charge is -2.34. The first kappa shape index (κ1) is 20.5. The van der Waals surface area contributed by atoms with Gasteiger partial charge in [0, 0.05) is 29.1 Å². The summed E-state index contributed by atoms with van der Waals surface area (Å²) in [4.78, 5) is 23.9. The van der Waals surface area contributed by atoms with E-state index in [9.17, 15) is 18.0 Å². The SMILES string of the molecule is CC1CC(C(=O)Nc2ccc3oc(=O)ccc3c2)CCC1NS(=O)(=O)C(C)C. The second-order valence-corrected chi connectivity index (χ2v) is 10.1. The van der Waals surface area contributed by atoms with Gasteiger partial charge in [0.15, 0.2) is 0 Å². The number of hydrogen-bond donors (Lipinski definition) is 2. The molecule has 0 saturated heterocycles. The van der Waals surface area contributed by atoms with Gasteiger partial charge >= 0.3 is 5.63 Å². The average Bonchev–Trinajstić information content (AvgIpc) is 2.63. The van der Waals surface area contributed by atoms with Gasteiger partial charge in [-0.1, -0.05) is 6.92 Å². The summed E-state index contributed by atoms with van der Waals surface area (Å²) in [6, 6.07) is 7.99. The Balaban J connectivity index is 1.63. The monoisotopic (exact) mass is 406 g/mol. The van der Waals surface area contributed by atoms with Gasteiger partial charge in [0.2, 0.25) is 15.9 Å². The van der Waals surface area contributed by atoms with Crippen LogP contribution in [0.5, 0.6) is 0 Å². The van der Waals surface area contributed by atoms with E-state index in [1.165, 1.54) is 6.07 Å². The predicted octanol–water partition coefficient (Wildman–Crippen LogP) is 2.86. The van der Waals surface area contributed by atoms with Crippen LogP contribution < -0.4 is 15.7 Å². The van der Waals surface area contributed by atoms with E-state index >= 15 is 0 Å². The quantitative estimate of drug-likeness (QED) is 0.743. The van der Waals surface area contributed by atoms with E-state index in [4.69, 9.17) is 4.42 Å². The van der Waals surface area contributed by atoms with E-state index < -0.39 is 20.9 Å². The van der Waals surface area contributed by atoms with Crippen LogP contribution in [-0.4, -0.2) is 25.6 Å². The van der Waals surface area contributed by atoms with Crippen LogP contribution >= 0.6 is 0 Å². The fourth-order valence-corrected chi connectivity index (χ4v) is 4.59. The molecule has 3 rings (SSSR count). The zero-order chi connectivity index (χ0) is 20.5. The van der Waals surface area contributed by atoms with Crippen LogP contribution in [0.4, 0.5) is 5.69 Å². The maximum atomic E-state index is 12.7. The molecule has 28 heavy (non-hydrogen) atoms. The van der Waals surface area contributed by atoms with Crippen LogP contribution in [-0.2, 0) is 14.8 Å². The van der Waals surface area contributed by atoms with Crippen molar-refractivity contribution in [3.63, 3.8) is 0 Å². The standard InChI is InChI=1S/C20H26N2O5S/c1-12(2)28(25,26)22-17-7-4-15(10-13(17)3)20(24)21-16-6-8-18-14(11-16)5-9-19(23)27-18/h5-6,8-9,11-13,15,17,22H,4,7,10H2,1-3H3,(H,21,24). The summed E-state index contributed by atoms with van der Waals surface area (Å²) in [5.41, 5.74) is 0.696. The van der Waals surface area contributed by atoms with Gasteiger partial charge in [-0.25, -0.2) is 17.9 Å². The molecule has 1 aromatic heterocycles. The Labute approximate surface area is 164 Å². The highest BCUT2D eigenvalue weighted by Gasteiger charge is 2.34. The zero-order valence-electron chi connectivity index (χ0n) is 16.3. The lowest BCUT2D eigenvalue weighted by Crippen LogP contribution is -2.46. The summed E-state index contributed by atoms with van der Waals surface area (Å²) in [5, 5.41) is 3.18. The number of anilines is 1. The topological polar surface area (TPSA) is 105 Å². The van der Waals surface area contributed by atoms with E-state index in [1.54, 1.807) is 38.1 Å². The molecule has 2 N–H and O–H groups in total. The lowest BCUT2D eigenvalue weighted by atomic mass is 9.79. The fraction of sp³-hybridized carbons (Fsp3) is 0.500. The Morgan fingerprint density at radius 3 is 2.61 bits per heavy atom. The van der Waals surface area contributed by atoms with E-state index in [0.717, 1.165) is 5.39 Å². The Hall–Kier alpha value is -2.19. The number of carbonyl (C=O) groups excluding carboxylic acids is 1. The van der Waals surface area contributed by atoms with E-state index in [2.05, 4.69) is 10.0 Å². The minimum absolute atomic E-state index is 0.0731. The molecular formula is C20H26N2O5S. The highest BCUT2D eigenvalue weighted by atomic mass is 32.2. The highest BCUT2D eigenvalue weighted by Crippen LogP contribution is 2.31. The van der Waals surface area contributed by atoms with Crippen LogP contribution in [0, 0.1) is 11.8 Å². The second kappa shape index (κ2) is 8.05. The Morgan fingerprint density at radius 1 is 1.18 bits per heavy atom. The first-order valence-corrected chi connectivity index (χ1v) is 11.1. The van der Waals surface area contributed by atoms with Crippen LogP contribution in [0.25, 0.3) is 11.0 Å². The number of rotatable bonds is 5. The molecule has 1 aliphatic rings. The smallest absolute Gasteiger partial charge is 0.336 e. The molecule has 8 heteroatoms. The third-order valence-corrected chi connectivity index (χ3v) is 7.24. The third-order valence-electron chi connectivity index (χ3n) is 5.36. The van der Waals surface area contributed by atoms with Crippen molar-refractivity contribution in [2.24, 2.45) is 11.8 Å². The molecule has 152 valence electrons. The number of amides is 1. The summed E-state index contributed by atoms with van der Waals surface area (Å²) in [6.07, 6.45) is 1.89. The summed E-state index contributed by atoms with van der Waals surface area (Å²) >= 11 is 0. The average molecular weight is 407 g/mol. The molecule has 1 fully saturated rings. The summed E-state index contributed by atoms with van der Waals surface area (Å²) in [7, 11) is -3.32.